The smallest absolute Gasteiger partial charge is 0.342 e. The molecule has 2 atom stereocenters. The summed E-state index contributed by atoms with van der Waals surface area (Å²) in [6, 6.07) is 0. The second-order valence-corrected chi connectivity index (χ2v) is 8.81. The summed E-state index contributed by atoms with van der Waals surface area (Å²) in [5.41, 5.74) is -2.57. The lowest BCUT2D eigenvalue weighted by Gasteiger charge is -2.32. The van der Waals surface area contributed by atoms with Gasteiger partial charge in [-0.1, -0.05) is 0 Å². The van der Waals surface area contributed by atoms with E-state index in [2.05, 4.69) is 9.97 Å². The number of hydrogen-bond acceptors (Lipinski definition) is 5. The second kappa shape index (κ2) is 7.14. The number of H-pyrrole nitrogens is 1. The predicted octanol–water partition coefficient (Wildman–Crippen LogP) is -0.636. The molecule has 1 rings (SSSR count). The van der Waals surface area contributed by atoms with E-state index in [1.165, 1.54) is 12.4 Å². The summed E-state index contributed by atoms with van der Waals surface area (Å²) in [4.78, 5) is 66.0. The van der Waals surface area contributed by atoms with Gasteiger partial charge in [0.1, 0.15) is 5.82 Å². The maximum absolute atomic E-state index is 11.8. The van der Waals surface area contributed by atoms with Crippen molar-refractivity contribution in [1.82, 2.24) is 9.97 Å². The van der Waals surface area contributed by atoms with Crippen molar-refractivity contribution in [3.8, 4) is 0 Å². The highest BCUT2D eigenvalue weighted by atomic mass is 31.2. The quantitative estimate of drug-likeness (QED) is 0.265. The minimum Gasteiger partial charge on any atom is -0.481 e. The lowest BCUT2D eigenvalue weighted by Crippen LogP contribution is -2.44. The average molecular weight is 386 g/mol. The molecule has 0 amide bonds. The van der Waals surface area contributed by atoms with Gasteiger partial charge >= 0.3 is 27.1 Å². The fourth-order valence-corrected chi connectivity index (χ4v) is 4.17. The number of aromatic nitrogens is 2. The van der Waals surface area contributed by atoms with Crippen molar-refractivity contribution in [3.63, 3.8) is 0 Å². The summed E-state index contributed by atoms with van der Waals surface area (Å²) in [6.07, 6.45) is 0.199. The molecule has 0 aliphatic carbocycles. The van der Waals surface area contributed by atoms with Gasteiger partial charge in [-0.2, -0.15) is 0 Å². The highest BCUT2D eigenvalue weighted by Gasteiger charge is 2.58. The maximum atomic E-state index is 11.8. The molecule has 0 fully saturated rings. The molecular formula is C10H16N2O10P2. The molecule has 12 nitrogen and oxygen atoms in total. The van der Waals surface area contributed by atoms with Gasteiger partial charge in [-0.15, -0.1) is 0 Å². The molecule has 0 radical (unpaired) electrons. The first-order valence-corrected chi connectivity index (χ1v) is 9.66. The molecule has 0 saturated heterocycles. The molecule has 14 heteroatoms. The maximum Gasteiger partial charge on any atom is 0.342 e. The van der Waals surface area contributed by atoms with Crippen molar-refractivity contribution < 1.29 is 48.5 Å². The molecule has 1 aromatic heterocycles. The molecule has 24 heavy (non-hydrogen) atoms. The Bertz CT molecular complexity index is 693. The molecule has 2 unspecified atom stereocenters. The molecular weight excluding hydrogens is 370 g/mol. The summed E-state index contributed by atoms with van der Waals surface area (Å²) in [5.74, 6) is -3.93. The third-order valence-corrected chi connectivity index (χ3v) is 6.44. The van der Waals surface area contributed by atoms with Gasteiger partial charge in [0.05, 0.1) is 0 Å². The van der Waals surface area contributed by atoms with Crippen LogP contribution in [0.2, 0.25) is 0 Å². The summed E-state index contributed by atoms with van der Waals surface area (Å²) >= 11 is 0. The van der Waals surface area contributed by atoms with Crippen LogP contribution in [-0.4, -0.2) is 62.5 Å². The van der Waals surface area contributed by atoms with Crippen molar-refractivity contribution in [2.45, 2.75) is 30.1 Å². The van der Waals surface area contributed by atoms with Gasteiger partial charge in [-0.05, 0) is 12.8 Å². The lowest BCUT2D eigenvalue weighted by molar-refractivity contribution is -0.142. The first-order chi connectivity index (χ1) is 10.8. The van der Waals surface area contributed by atoms with E-state index < -0.39 is 50.8 Å². The number of carboxylic acids is 2. The molecule has 0 spiro atoms. The van der Waals surface area contributed by atoms with Crippen molar-refractivity contribution in [2.24, 2.45) is 0 Å². The zero-order valence-electron chi connectivity index (χ0n) is 12.0. The van der Waals surface area contributed by atoms with Crippen molar-refractivity contribution >= 4 is 27.1 Å². The number of imidazole rings is 1. The number of nitrogens with one attached hydrogen (secondary N) is 1. The van der Waals surface area contributed by atoms with Crippen LogP contribution in [0, 0.1) is 0 Å². The summed E-state index contributed by atoms with van der Waals surface area (Å²) < 4.78 is 23.1. The normalized spacial score (nSPS) is 16.3. The minimum atomic E-state index is -5.49. The molecule has 0 aromatic carbocycles. The van der Waals surface area contributed by atoms with Crippen LogP contribution >= 0.6 is 15.2 Å². The Kier molecular flexibility index (Phi) is 6.10. The van der Waals surface area contributed by atoms with Crippen LogP contribution < -0.4 is 0 Å². The number of hydrogen-bond donors (Lipinski definition) is 7. The average Bonchev–Trinajstić information content (AvgIpc) is 2.88. The van der Waals surface area contributed by atoms with Crippen molar-refractivity contribution in [1.29, 1.82) is 0 Å². The zero-order valence-corrected chi connectivity index (χ0v) is 13.8. The van der Waals surface area contributed by atoms with E-state index in [9.17, 15) is 33.6 Å². The van der Waals surface area contributed by atoms with Crippen LogP contribution in [0.5, 0.6) is 0 Å². The zero-order chi connectivity index (χ0) is 18.8. The largest absolute Gasteiger partial charge is 0.481 e. The third kappa shape index (κ3) is 4.50. The Morgan fingerprint density at radius 1 is 1.21 bits per heavy atom. The SMILES string of the molecule is O=C(O)C(CC(CCc1ncc[nH]1)(C(=O)O)P(=O)(O)O)P(=O)(O)O. The molecule has 0 saturated carbocycles. The summed E-state index contributed by atoms with van der Waals surface area (Å²) in [5, 5.41) is 15.2. The molecule has 1 heterocycles. The lowest BCUT2D eigenvalue weighted by atomic mass is 9.96. The van der Waals surface area contributed by atoms with E-state index in [-0.39, 0.29) is 12.2 Å². The van der Waals surface area contributed by atoms with Gasteiger partial charge in [-0.25, -0.2) is 4.98 Å². The molecule has 0 bridgehead atoms. The Morgan fingerprint density at radius 2 is 1.79 bits per heavy atom. The van der Waals surface area contributed by atoms with Gasteiger partial charge in [0.25, 0.3) is 0 Å². The van der Waals surface area contributed by atoms with E-state index in [0.29, 0.717) is 0 Å². The summed E-state index contributed by atoms with van der Waals surface area (Å²) in [6.45, 7) is 0. The molecule has 1 aromatic rings. The van der Waals surface area contributed by atoms with Crippen LogP contribution in [0.25, 0.3) is 0 Å². The predicted molar refractivity (Wildman–Crippen MR) is 77.4 cm³/mol. The van der Waals surface area contributed by atoms with Crippen molar-refractivity contribution in [2.75, 3.05) is 0 Å². The molecule has 136 valence electrons. The molecule has 0 aliphatic heterocycles. The van der Waals surface area contributed by atoms with E-state index >= 15 is 0 Å². The van der Waals surface area contributed by atoms with Gasteiger partial charge < -0.3 is 34.8 Å². The molecule has 7 N–H and O–H groups in total. The van der Waals surface area contributed by atoms with Crippen LogP contribution in [0.15, 0.2) is 12.4 Å². The van der Waals surface area contributed by atoms with E-state index in [1.807, 2.05) is 0 Å². The fourth-order valence-electron chi connectivity index (χ4n) is 2.12. The highest BCUT2D eigenvalue weighted by molar-refractivity contribution is 7.55. The van der Waals surface area contributed by atoms with Crippen LogP contribution in [0.3, 0.4) is 0 Å². The van der Waals surface area contributed by atoms with Gasteiger partial charge in [-0.3, -0.25) is 18.7 Å². The van der Waals surface area contributed by atoms with E-state index in [1.54, 1.807) is 0 Å². The monoisotopic (exact) mass is 386 g/mol. The second-order valence-electron chi connectivity index (χ2n) is 5.06. The first kappa shape index (κ1) is 20.5. The van der Waals surface area contributed by atoms with Crippen molar-refractivity contribution in [3.05, 3.63) is 18.2 Å². The molecule has 0 aliphatic rings. The van der Waals surface area contributed by atoms with Crippen LogP contribution in [-0.2, 0) is 25.1 Å². The Morgan fingerprint density at radius 3 is 2.12 bits per heavy atom. The van der Waals surface area contributed by atoms with Crippen LogP contribution in [0.4, 0.5) is 0 Å². The van der Waals surface area contributed by atoms with Gasteiger partial charge in [0, 0.05) is 18.8 Å². The number of nitrogens with zero attached hydrogens (tertiary/aromatic N) is 1. The minimum absolute atomic E-state index is 0.178. The number of aryl methyl sites for hydroxylation is 1. The number of carboxylic acid groups (broad SMARTS) is 2. The van der Waals surface area contributed by atoms with E-state index in [0.717, 1.165) is 0 Å². The number of rotatable bonds is 9. The Labute approximate surface area is 134 Å². The fraction of sp³-hybridized carbons (Fsp3) is 0.500. The standard InChI is InChI=1S/C10H16N2O10P2/c13-8(14)6(23(17,18)19)5-10(9(15)16,24(20,21)22)2-1-7-11-3-4-12-7/h3-4,6H,1-2,5H2,(H,11,12)(H,13,14)(H,15,16)(H2,17,18,19)(H2,20,21,22). The van der Waals surface area contributed by atoms with Gasteiger partial charge in [0.15, 0.2) is 10.8 Å². The number of carbonyl (C=O) groups is 2. The van der Waals surface area contributed by atoms with Gasteiger partial charge in [0.2, 0.25) is 0 Å². The third-order valence-electron chi connectivity index (χ3n) is 3.51. The summed E-state index contributed by atoms with van der Waals surface area (Å²) in [7, 11) is -10.8. The van der Waals surface area contributed by atoms with E-state index in [4.69, 9.17) is 14.9 Å². The first-order valence-electron chi connectivity index (χ1n) is 6.36. The number of aliphatic carboxylic acids is 2. The van der Waals surface area contributed by atoms with Crippen LogP contribution in [0.1, 0.15) is 18.7 Å². The Balaban J connectivity index is 3.30. The highest BCUT2D eigenvalue weighted by Crippen LogP contribution is 2.59. The Hall–Kier alpha value is -1.55. The number of aromatic amines is 1. The topological polar surface area (TPSA) is 218 Å².